The Labute approximate surface area is 97.3 Å². The Morgan fingerprint density at radius 1 is 1.31 bits per heavy atom. The topological polar surface area (TPSA) is 30.4 Å². The highest BCUT2D eigenvalue weighted by molar-refractivity contribution is 6.30. The quantitative estimate of drug-likeness (QED) is 0.679. The maximum atomic E-state index is 5.96. The zero-order chi connectivity index (χ0) is 11.0. The molecule has 0 saturated heterocycles. The van der Waals surface area contributed by atoms with Crippen LogP contribution >= 0.6 is 11.6 Å². The van der Waals surface area contributed by atoms with E-state index >= 15 is 0 Å². The molecule has 0 aliphatic carbocycles. The van der Waals surface area contributed by atoms with Crippen LogP contribution in [0.2, 0.25) is 5.02 Å². The molecule has 3 aromatic heterocycles. The van der Waals surface area contributed by atoms with Crippen LogP contribution < -0.4 is 0 Å². The molecule has 0 aromatic carbocycles. The standard InChI is InChI=1S/C12H9ClN2O/c13-9-3-4-10-7-14-12(15(10)8-9)6-11-2-1-5-16-11/h1-5,7-8H,6H2. The summed E-state index contributed by atoms with van der Waals surface area (Å²) in [6.45, 7) is 0. The van der Waals surface area contributed by atoms with Gasteiger partial charge in [-0.1, -0.05) is 11.6 Å². The first-order chi connectivity index (χ1) is 7.83. The SMILES string of the molecule is Clc1ccc2cnc(Cc3ccco3)n2c1. The van der Waals surface area contributed by atoms with Crippen LogP contribution in [0.3, 0.4) is 0 Å². The van der Waals surface area contributed by atoms with Crippen LogP contribution in [0.1, 0.15) is 11.6 Å². The van der Waals surface area contributed by atoms with Crippen LogP contribution in [0.25, 0.3) is 5.52 Å². The molecule has 0 radical (unpaired) electrons. The van der Waals surface area contributed by atoms with E-state index in [0.717, 1.165) is 17.1 Å². The van der Waals surface area contributed by atoms with Crippen molar-refractivity contribution in [3.05, 3.63) is 59.5 Å². The second-order valence-electron chi connectivity index (χ2n) is 3.57. The first-order valence-electron chi connectivity index (χ1n) is 4.97. The minimum absolute atomic E-state index is 0.668. The number of aromatic nitrogens is 2. The summed E-state index contributed by atoms with van der Waals surface area (Å²) in [6.07, 6.45) is 6.02. The van der Waals surface area contributed by atoms with E-state index in [4.69, 9.17) is 16.0 Å². The lowest BCUT2D eigenvalue weighted by Crippen LogP contribution is -1.95. The third-order valence-corrected chi connectivity index (χ3v) is 2.70. The molecule has 0 fully saturated rings. The first kappa shape index (κ1) is 9.48. The van der Waals surface area contributed by atoms with Crippen LogP contribution in [-0.4, -0.2) is 9.38 Å². The van der Waals surface area contributed by atoms with Crippen molar-refractivity contribution in [3.8, 4) is 0 Å². The second kappa shape index (κ2) is 3.68. The molecule has 3 nitrogen and oxygen atoms in total. The van der Waals surface area contributed by atoms with E-state index in [2.05, 4.69) is 4.98 Å². The average molecular weight is 233 g/mol. The van der Waals surface area contributed by atoms with Gasteiger partial charge >= 0.3 is 0 Å². The number of fused-ring (bicyclic) bond motifs is 1. The summed E-state index contributed by atoms with van der Waals surface area (Å²) in [5.41, 5.74) is 1.03. The van der Waals surface area contributed by atoms with E-state index in [1.54, 1.807) is 6.26 Å². The van der Waals surface area contributed by atoms with Crippen molar-refractivity contribution in [3.63, 3.8) is 0 Å². The van der Waals surface area contributed by atoms with E-state index in [9.17, 15) is 0 Å². The van der Waals surface area contributed by atoms with Gasteiger partial charge in [0, 0.05) is 6.20 Å². The van der Waals surface area contributed by atoms with Gasteiger partial charge in [0.05, 0.1) is 29.4 Å². The number of nitrogens with zero attached hydrogens (tertiary/aromatic N) is 2. The molecule has 3 aromatic rings. The number of pyridine rings is 1. The number of furan rings is 1. The lowest BCUT2D eigenvalue weighted by Gasteiger charge is -1.99. The fraction of sp³-hybridized carbons (Fsp3) is 0.0833. The highest BCUT2D eigenvalue weighted by Crippen LogP contribution is 2.15. The molecule has 80 valence electrons. The normalized spacial score (nSPS) is 11.1. The van der Waals surface area contributed by atoms with Crippen molar-refractivity contribution in [2.75, 3.05) is 0 Å². The summed E-state index contributed by atoms with van der Waals surface area (Å²) in [7, 11) is 0. The molecule has 4 heteroatoms. The molecule has 0 N–H and O–H groups in total. The number of imidazole rings is 1. The minimum Gasteiger partial charge on any atom is -0.469 e. The predicted molar refractivity (Wildman–Crippen MR) is 61.7 cm³/mol. The molecular formula is C12H9ClN2O. The molecule has 0 spiro atoms. The van der Waals surface area contributed by atoms with Gasteiger partial charge in [-0.2, -0.15) is 0 Å². The molecule has 3 heterocycles. The third kappa shape index (κ3) is 1.59. The van der Waals surface area contributed by atoms with E-state index in [0.29, 0.717) is 11.4 Å². The highest BCUT2D eigenvalue weighted by atomic mass is 35.5. The van der Waals surface area contributed by atoms with Gasteiger partial charge in [0.15, 0.2) is 0 Å². The van der Waals surface area contributed by atoms with Gasteiger partial charge in [-0.3, -0.25) is 0 Å². The largest absolute Gasteiger partial charge is 0.469 e. The number of hydrogen-bond donors (Lipinski definition) is 0. The molecule has 0 aliphatic heterocycles. The summed E-state index contributed by atoms with van der Waals surface area (Å²) in [5.74, 6) is 1.82. The van der Waals surface area contributed by atoms with Gasteiger partial charge in [0.2, 0.25) is 0 Å². The van der Waals surface area contributed by atoms with Crippen LogP contribution in [-0.2, 0) is 6.42 Å². The Balaban J connectivity index is 2.07. The van der Waals surface area contributed by atoms with Crippen molar-refractivity contribution in [2.45, 2.75) is 6.42 Å². The van der Waals surface area contributed by atoms with Crippen molar-refractivity contribution in [2.24, 2.45) is 0 Å². The van der Waals surface area contributed by atoms with Crippen molar-refractivity contribution < 1.29 is 4.42 Å². The van der Waals surface area contributed by atoms with Gasteiger partial charge in [-0.05, 0) is 24.3 Å². The molecule has 3 rings (SSSR count). The summed E-state index contributed by atoms with van der Waals surface area (Å²) >= 11 is 5.96. The maximum Gasteiger partial charge on any atom is 0.120 e. The van der Waals surface area contributed by atoms with Gasteiger partial charge in [-0.15, -0.1) is 0 Å². The van der Waals surface area contributed by atoms with Gasteiger partial charge in [-0.25, -0.2) is 4.98 Å². The van der Waals surface area contributed by atoms with Gasteiger partial charge in [0.1, 0.15) is 11.6 Å². The van der Waals surface area contributed by atoms with Crippen LogP contribution in [0, 0.1) is 0 Å². The monoisotopic (exact) mass is 232 g/mol. The number of hydrogen-bond acceptors (Lipinski definition) is 2. The van der Waals surface area contributed by atoms with E-state index < -0.39 is 0 Å². The summed E-state index contributed by atoms with van der Waals surface area (Å²) in [6, 6.07) is 7.61. The third-order valence-electron chi connectivity index (χ3n) is 2.48. The van der Waals surface area contributed by atoms with Crippen LogP contribution in [0.5, 0.6) is 0 Å². The Kier molecular flexibility index (Phi) is 2.18. The van der Waals surface area contributed by atoms with Gasteiger partial charge in [0.25, 0.3) is 0 Å². The second-order valence-corrected chi connectivity index (χ2v) is 4.01. The Morgan fingerprint density at radius 2 is 2.25 bits per heavy atom. The molecule has 0 atom stereocenters. The average Bonchev–Trinajstić information content (AvgIpc) is 2.90. The van der Waals surface area contributed by atoms with Crippen molar-refractivity contribution >= 4 is 17.1 Å². The summed E-state index contributed by atoms with van der Waals surface area (Å²) in [5, 5.41) is 0.700. The lowest BCUT2D eigenvalue weighted by atomic mass is 10.3. The number of rotatable bonds is 2. The molecule has 0 bridgehead atoms. The van der Waals surface area contributed by atoms with E-state index in [1.165, 1.54) is 0 Å². The molecule has 0 amide bonds. The fourth-order valence-corrected chi connectivity index (χ4v) is 1.88. The molecule has 0 saturated carbocycles. The van der Waals surface area contributed by atoms with Gasteiger partial charge < -0.3 is 8.82 Å². The fourth-order valence-electron chi connectivity index (χ4n) is 1.72. The predicted octanol–water partition coefficient (Wildman–Crippen LogP) is 3.17. The van der Waals surface area contributed by atoms with E-state index in [-0.39, 0.29) is 0 Å². The van der Waals surface area contributed by atoms with E-state index in [1.807, 2.05) is 41.1 Å². The molecule has 0 aliphatic rings. The molecule has 16 heavy (non-hydrogen) atoms. The van der Waals surface area contributed by atoms with Crippen molar-refractivity contribution in [1.82, 2.24) is 9.38 Å². The molecular weight excluding hydrogens is 224 g/mol. The Bertz CT molecular complexity index is 613. The first-order valence-corrected chi connectivity index (χ1v) is 5.34. The van der Waals surface area contributed by atoms with Crippen LogP contribution in [0.4, 0.5) is 0 Å². The smallest absolute Gasteiger partial charge is 0.120 e. The van der Waals surface area contributed by atoms with Crippen molar-refractivity contribution in [1.29, 1.82) is 0 Å². The zero-order valence-electron chi connectivity index (χ0n) is 8.43. The highest BCUT2D eigenvalue weighted by Gasteiger charge is 2.06. The maximum absolute atomic E-state index is 5.96. The zero-order valence-corrected chi connectivity index (χ0v) is 9.19. The Morgan fingerprint density at radius 3 is 3.06 bits per heavy atom. The minimum atomic E-state index is 0.668. The molecule has 0 unspecified atom stereocenters. The summed E-state index contributed by atoms with van der Waals surface area (Å²) in [4.78, 5) is 4.36. The van der Waals surface area contributed by atoms with Crippen LogP contribution in [0.15, 0.2) is 47.3 Å². The number of halogens is 1. The Hall–Kier alpha value is -1.74. The lowest BCUT2D eigenvalue weighted by molar-refractivity contribution is 0.516. The summed E-state index contributed by atoms with van der Waals surface area (Å²) < 4.78 is 7.28.